The Labute approximate surface area is 189 Å². The molecule has 0 aromatic heterocycles. The van der Waals surface area contributed by atoms with Crippen molar-refractivity contribution >= 4 is 17.7 Å². The van der Waals surface area contributed by atoms with Gasteiger partial charge in [-0.15, -0.1) is 0 Å². The third-order valence-corrected chi connectivity index (χ3v) is 7.95. The summed E-state index contributed by atoms with van der Waals surface area (Å²) in [6.07, 6.45) is 8.12. The summed E-state index contributed by atoms with van der Waals surface area (Å²) >= 11 is 0. The van der Waals surface area contributed by atoms with Crippen molar-refractivity contribution in [3.05, 3.63) is 29.8 Å². The smallest absolute Gasteiger partial charge is 0.258 e. The van der Waals surface area contributed by atoms with Gasteiger partial charge in [0, 0.05) is 38.4 Å². The molecule has 1 N–H and O–H groups in total. The third kappa shape index (κ3) is 3.76. The fraction of sp³-hybridized carbons (Fsp3) is 0.640. The van der Waals surface area contributed by atoms with E-state index in [-0.39, 0.29) is 24.1 Å². The number of carbonyl (C=O) groups is 3. The van der Waals surface area contributed by atoms with E-state index in [1.165, 1.54) is 25.7 Å². The molecule has 172 valence electrons. The lowest BCUT2D eigenvalue weighted by molar-refractivity contribution is -0.149. The predicted molar refractivity (Wildman–Crippen MR) is 119 cm³/mol. The van der Waals surface area contributed by atoms with E-state index in [4.69, 9.17) is 4.74 Å². The summed E-state index contributed by atoms with van der Waals surface area (Å²) in [7, 11) is 0. The Morgan fingerprint density at radius 1 is 1.09 bits per heavy atom. The zero-order chi connectivity index (χ0) is 22.3. The van der Waals surface area contributed by atoms with Crippen molar-refractivity contribution in [2.45, 2.75) is 82.5 Å². The molecule has 3 fully saturated rings. The van der Waals surface area contributed by atoms with Crippen molar-refractivity contribution in [2.75, 3.05) is 13.1 Å². The van der Waals surface area contributed by atoms with E-state index in [0.29, 0.717) is 42.7 Å². The number of piperidine rings is 1. The Kier molecular flexibility index (Phi) is 5.59. The van der Waals surface area contributed by atoms with Crippen LogP contribution in [0.25, 0.3) is 0 Å². The lowest BCUT2D eigenvalue weighted by atomic mass is 9.78. The van der Waals surface area contributed by atoms with Gasteiger partial charge >= 0.3 is 0 Å². The molecule has 4 atom stereocenters. The van der Waals surface area contributed by atoms with Crippen molar-refractivity contribution in [3.63, 3.8) is 0 Å². The number of ether oxygens (including phenoxy) is 1. The first kappa shape index (κ1) is 21.3. The lowest BCUT2D eigenvalue weighted by Gasteiger charge is -2.46. The molecule has 2 saturated heterocycles. The van der Waals surface area contributed by atoms with Crippen LogP contribution >= 0.6 is 0 Å². The minimum absolute atomic E-state index is 0.0448. The van der Waals surface area contributed by atoms with Crippen LogP contribution in [0, 0.1) is 5.92 Å². The van der Waals surface area contributed by atoms with E-state index in [2.05, 4.69) is 10.2 Å². The molecule has 0 bridgehead atoms. The number of para-hydroxylation sites is 1. The van der Waals surface area contributed by atoms with Gasteiger partial charge in [-0.05, 0) is 50.7 Å². The molecule has 3 amide bonds. The zero-order valence-corrected chi connectivity index (χ0v) is 18.8. The molecule has 3 heterocycles. The van der Waals surface area contributed by atoms with Crippen LogP contribution in [0.15, 0.2) is 24.3 Å². The van der Waals surface area contributed by atoms with Gasteiger partial charge in [0.15, 0.2) is 5.72 Å². The maximum Gasteiger partial charge on any atom is 0.258 e. The molecule has 4 unspecified atom stereocenters. The largest absolute Gasteiger partial charge is 0.467 e. The number of amides is 3. The average Bonchev–Trinajstić information content (AvgIpc) is 2.96. The maximum absolute atomic E-state index is 13.5. The van der Waals surface area contributed by atoms with Gasteiger partial charge in [-0.1, -0.05) is 25.0 Å². The first-order valence-corrected chi connectivity index (χ1v) is 12.2. The minimum atomic E-state index is -0.905. The van der Waals surface area contributed by atoms with Crippen LogP contribution in [0.5, 0.6) is 5.75 Å². The summed E-state index contributed by atoms with van der Waals surface area (Å²) < 4.78 is 6.23. The normalized spacial score (nSPS) is 31.2. The van der Waals surface area contributed by atoms with Crippen molar-refractivity contribution in [2.24, 2.45) is 5.92 Å². The molecular weight excluding hydrogens is 406 g/mol. The number of benzene rings is 1. The van der Waals surface area contributed by atoms with Crippen LogP contribution in [-0.4, -0.2) is 58.4 Å². The highest BCUT2D eigenvalue weighted by Gasteiger charge is 2.45. The fourth-order valence-electron chi connectivity index (χ4n) is 6.17. The predicted octanol–water partition coefficient (Wildman–Crippen LogP) is 3.09. The Balaban J connectivity index is 1.30. The van der Waals surface area contributed by atoms with Crippen LogP contribution < -0.4 is 10.1 Å². The summed E-state index contributed by atoms with van der Waals surface area (Å²) in [5, 5.41) is 3.00. The van der Waals surface area contributed by atoms with Gasteiger partial charge in [0.2, 0.25) is 11.8 Å². The van der Waals surface area contributed by atoms with Crippen molar-refractivity contribution < 1.29 is 19.1 Å². The molecule has 1 aromatic rings. The molecular formula is C25H33N3O4. The number of rotatable bonds is 2. The van der Waals surface area contributed by atoms with Crippen molar-refractivity contribution in [3.8, 4) is 5.75 Å². The van der Waals surface area contributed by atoms with Crippen LogP contribution in [0.3, 0.4) is 0 Å². The first-order chi connectivity index (χ1) is 15.5. The van der Waals surface area contributed by atoms with Gasteiger partial charge in [-0.25, -0.2) is 0 Å². The zero-order valence-electron chi connectivity index (χ0n) is 18.8. The monoisotopic (exact) mass is 439 g/mol. The SMILES string of the molecule is CC(C(=O)N1CCCC2CCCCC21)N1CCC2(CCC1=O)NC(=O)c1ccccc1O2. The molecule has 3 aliphatic heterocycles. The second-order valence-corrected chi connectivity index (χ2v) is 9.85. The summed E-state index contributed by atoms with van der Waals surface area (Å²) in [5.74, 6) is 1.02. The summed E-state index contributed by atoms with van der Waals surface area (Å²) in [6.45, 7) is 3.04. The molecule has 0 radical (unpaired) electrons. The van der Waals surface area contributed by atoms with Gasteiger partial charge in [0.05, 0.1) is 5.56 Å². The number of hydrogen-bond acceptors (Lipinski definition) is 4. The number of carbonyl (C=O) groups excluding carboxylic acids is 3. The van der Waals surface area contributed by atoms with Crippen LogP contribution in [0.4, 0.5) is 0 Å². The van der Waals surface area contributed by atoms with Gasteiger partial charge in [0.25, 0.3) is 5.91 Å². The molecule has 7 heteroatoms. The van der Waals surface area contributed by atoms with Gasteiger partial charge in [-0.3, -0.25) is 14.4 Å². The quantitative estimate of drug-likeness (QED) is 0.768. The van der Waals surface area contributed by atoms with E-state index < -0.39 is 11.8 Å². The van der Waals surface area contributed by atoms with Crippen molar-refractivity contribution in [1.29, 1.82) is 0 Å². The number of nitrogens with one attached hydrogen (secondary N) is 1. The topological polar surface area (TPSA) is 79.0 Å². The lowest BCUT2D eigenvalue weighted by Crippen LogP contribution is -2.57. The molecule has 1 aromatic carbocycles. The Bertz CT molecular complexity index is 916. The fourth-order valence-corrected chi connectivity index (χ4v) is 6.17. The number of likely N-dealkylation sites (tertiary alicyclic amines) is 2. The summed E-state index contributed by atoms with van der Waals surface area (Å²) in [4.78, 5) is 43.0. The average molecular weight is 440 g/mol. The van der Waals surface area contributed by atoms with E-state index >= 15 is 0 Å². The number of hydrogen-bond donors (Lipinski definition) is 1. The summed E-state index contributed by atoms with van der Waals surface area (Å²) in [6, 6.07) is 7.02. The summed E-state index contributed by atoms with van der Waals surface area (Å²) in [5.41, 5.74) is -0.390. The molecule has 5 rings (SSSR count). The van der Waals surface area contributed by atoms with E-state index in [1.807, 2.05) is 19.1 Å². The van der Waals surface area contributed by atoms with Gasteiger partial charge in [-0.2, -0.15) is 0 Å². The highest BCUT2D eigenvalue weighted by atomic mass is 16.5. The molecule has 1 spiro atoms. The second-order valence-electron chi connectivity index (χ2n) is 9.85. The standard InChI is InChI=1S/C25H33N3O4/c1-17(24(31)28-15-6-8-18-7-2-4-10-20(18)28)27-16-14-25(13-12-22(27)29)26-23(30)19-9-3-5-11-21(19)32-25/h3,5,9,11,17-18,20H,2,4,6-8,10,12-16H2,1H3,(H,26,30). The van der Waals surface area contributed by atoms with Crippen LogP contribution in [0.2, 0.25) is 0 Å². The van der Waals surface area contributed by atoms with E-state index in [0.717, 1.165) is 19.4 Å². The molecule has 32 heavy (non-hydrogen) atoms. The molecule has 7 nitrogen and oxygen atoms in total. The highest BCUT2D eigenvalue weighted by molar-refractivity contribution is 5.98. The molecule has 1 aliphatic carbocycles. The van der Waals surface area contributed by atoms with Gasteiger partial charge in [0.1, 0.15) is 11.8 Å². The van der Waals surface area contributed by atoms with E-state index in [1.54, 1.807) is 17.0 Å². The van der Waals surface area contributed by atoms with E-state index in [9.17, 15) is 14.4 Å². The highest BCUT2D eigenvalue weighted by Crippen LogP contribution is 2.37. The Morgan fingerprint density at radius 2 is 1.88 bits per heavy atom. The Morgan fingerprint density at radius 3 is 2.75 bits per heavy atom. The molecule has 4 aliphatic rings. The number of fused-ring (bicyclic) bond motifs is 2. The maximum atomic E-state index is 13.5. The van der Waals surface area contributed by atoms with Crippen LogP contribution in [0.1, 0.15) is 75.1 Å². The second kappa shape index (κ2) is 8.41. The first-order valence-electron chi connectivity index (χ1n) is 12.2. The van der Waals surface area contributed by atoms with Gasteiger partial charge < -0.3 is 19.9 Å². The van der Waals surface area contributed by atoms with Crippen molar-refractivity contribution in [1.82, 2.24) is 15.1 Å². The third-order valence-electron chi connectivity index (χ3n) is 7.95. The number of nitrogens with zero attached hydrogens (tertiary/aromatic N) is 2. The minimum Gasteiger partial charge on any atom is -0.467 e. The Hall–Kier alpha value is -2.57. The van der Waals surface area contributed by atoms with Crippen LogP contribution in [-0.2, 0) is 9.59 Å². The molecule has 1 saturated carbocycles.